The fraction of sp³-hybridized carbons (Fsp3) is 0.167. The zero-order chi connectivity index (χ0) is 21.6. The summed E-state index contributed by atoms with van der Waals surface area (Å²) in [7, 11) is 0. The first kappa shape index (κ1) is 24.8. The fourth-order valence-corrected chi connectivity index (χ4v) is 2.31. The van der Waals surface area contributed by atoms with Gasteiger partial charge in [-0.1, -0.05) is 25.1 Å². The molecule has 0 saturated heterocycles. The maximum absolute atomic E-state index is 12.2. The third-order valence-corrected chi connectivity index (χ3v) is 3.79. The highest BCUT2D eigenvalue weighted by atomic mass is 16.5. The molecule has 31 heavy (non-hydrogen) atoms. The van der Waals surface area contributed by atoms with E-state index < -0.39 is 11.9 Å². The molecule has 0 bridgehead atoms. The van der Waals surface area contributed by atoms with Crippen molar-refractivity contribution in [3.8, 4) is 36.2 Å². The number of hydrogen-bond donors (Lipinski definition) is 0. The number of benzene rings is 2. The molecule has 0 aliphatic heterocycles. The van der Waals surface area contributed by atoms with Gasteiger partial charge in [0.15, 0.2) is 12.2 Å². The standard InChI is InChI=1S/C24H20O6.H2O/c1-3-23(25)29-18-17-27-16-6-5-7-19-8-10-20(11-9-19)24(26)30-22-14-12-21(13-15-22)28-4-2;/h2-3,8-15H,1,5-7,16H2;1H2. The number of unbranched alkanes of at least 4 members (excludes halogenated alkanes) is 1. The number of hydrogen-bond acceptors (Lipinski definition) is 6. The number of rotatable bonds is 9. The fourth-order valence-electron chi connectivity index (χ4n) is 2.31. The first-order chi connectivity index (χ1) is 14.6. The van der Waals surface area contributed by atoms with Crippen molar-refractivity contribution < 1.29 is 34.0 Å². The van der Waals surface area contributed by atoms with Gasteiger partial charge in [0, 0.05) is 6.08 Å². The van der Waals surface area contributed by atoms with Gasteiger partial charge in [0.2, 0.25) is 0 Å². The van der Waals surface area contributed by atoms with E-state index in [4.69, 9.17) is 20.6 Å². The third kappa shape index (κ3) is 9.23. The molecular weight excluding hydrogens is 400 g/mol. The summed E-state index contributed by atoms with van der Waals surface area (Å²) in [4.78, 5) is 23.0. The van der Waals surface area contributed by atoms with Crippen LogP contribution in [0.2, 0.25) is 0 Å². The predicted octanol–water partition coefficient (Wildman–Crippen LogP) is 3.04. The van der Waals surface area contributed by atoms with E-state index in [0.29, 0.717) is 23.7 Å². The molecule has 0 fully saturated rings. The van der Waals surface area contributed by atoms with Gasteiger partial charge in [-0.25, -0.2) is 9.59 Å². The predicted molar refractivity (Wildman–Crippen MR) is 114 cm³/mol. The number of carbonyl (C=O) groups excluding carboxylic acids is 2. The van der Waals surface area contributed by atoms with Crippen molar-refractivity contribution in [1.29, 1.82) is 0 Å². The van der Waals surface area contributed by atoms with Gasteiger partial charge in [-0.15, -0.1) is 0 Å². The molecule has 0 aliphatic carbocycles. The smallest absolute Gasteiger partial charge is 0.344 e. The molecule has 0 atom stereocenters. The minimum atomic E-state index is -0.619. The molecule has 2 N–H and O–H groups in total. The number of terminal acetylenes is 1. The Balaban J connectivity index is 0.00000480. The lowest BCUT2D eigenvalue weighted by atomic mass is 10.1. The minimum Gasteiger partial charge on any atom is -0.444 e. The first-order valence-electron chi connectivity index (χ1n) is 9.11. The molecule has 0 unspecified atom stereocenters. The molecule has 0 amide bonds. The Hall–Kier alpha value is -4.20. The summed E-state index contributed by atoms with van der Waals surface area (Å²) in [6, 6.07) is 13.7. The molecule has 2 rings (SSSR count). The Morgan fingerprint density at radius 3 is 2.29 bits per heavy atom. The quantitative estimate of drug-likeness (QED) is 0.202. The molecule has 7 nitrogen and oxygen atoms in total. The van der Waals surface area contributed by atoms with E-state index in [-0.39, 0.29) is 5.48 Å². The van der Waals surface area contributed by atoms with Crippen LogP contribution in [0.15, 0.2) is 61.2 Å². The van der Waals surface area contributed by atoms with Gasteiger partial charge in [-0.05, 0) is 61.2 Å². The van der Waals surface area contributed by atoms with Crippen molar-refractivity contribution in [3.05, 3.63) is 72.3 Å². The van der Waals surface area contributed by atoms with Crippen LogP contribution < -0.4 is 9.47 Å². The largest absolute Gasteiger partial charge is 0.444 e. The summed E-state index contributed by atoms with van der Waals surface area (Å²) >= 11 is 0. The third-order valence-electron chi connectivity index (χ3n) is 3.79. The maximum Gasteiger partial charge on any atom is 0.344 e. The second-order valence-electron chi connectivity index (χ2n) is 5.91. The van der Waals surface area contributed by atoms with E-state index >= 15 is 0 Å². The molecule has 0 aliphatic rings. The highest BCUT2D eigenvalue weighted by Gasteiger charge is 2.09. The van der Waals surface area contributed by atoms with Crippen molar-refractivity contribution in [2.24, 2.45) is 0 Å². The number of esters is 2. The van der Waals surface area contributed by atoms with Crippen LogP contribution in [-0.2, 0) is 20.7 Å². The highest BCUT2D eigenvalue weighted by Crippen LogP contribution is 2.19. The molecule has 0 heterocycles. The maximum atomic E-state index is 12.2. The normalized spacial score (nSPS) is 9.00. The van der Waals surface area contributed by atoms with E-state index in [1.807, 2.05) is 12.1 Å². The van der Waals surface area contributed by atoms with Crippen molar-refractivity contribution in [3.63, 3.8) is 0 Å². The summed E-state index contributed by atoms with van der Waals surface area (Å²) in [5.74, 6) is -0.173. The van der Waals surface area contributed by atoms with Gasteiger partial charge in [0.05, 0.1) is 5.56 Å². The number of aryl methyl sites for hydroxylation is 1. The van der Waals surface area contributed by atoms with E-state index in [1.54, 1.807) is 36.4 Å². The Kier molecular flexibility index (Phi) is 11.1. The number of carbonyl (C=O) groups is 2. The van der Waals surface area contributed by atoms with Crippen molar-refractivity contribution in [2.75, 3.05) is 6.61 Å². The molecule has 0 saturated carbocycles. The Morgan fingerprint density at radius 1 is 0.968 bits per heavy atom. The monoisotopic (exact) mass is 422 g/mol. The lowest BCUT2D eigenvalue weighted by Crippen LogP contribution is -2.08. The molecule has 7 heteroatoms. The van der Waals surface area contributed by atoms with Crippen LogP contribution in [0, 0.1) is 24.7 Å². The molecule has 0 spiro atoms. The second kappa shape index (κ2) is 13.9. The molecular formula is C24H22O7. The lowest BCUT2D eigenvalue weighted by Gasteiger charge is -2.06. The minimum absolute atomic E-state index is 0. The molecule has 160 valence electrons. The van der Waals surface area contributed by atoms with Crippen LogP contribution in [0.5, 0.6) is 11.5 Å². The number of ether oxygens (including phenoxy) is 4. The van der Waals surface area contributed by atoms with E-state index in [9.17, 15) is 9.59 Å². The molecule has 2 aromatic rings. The van der Waals surface area contributed by atoms with Crippen molar-refractivity contribution in [2.45, 2.75) is 19.3 Å². The summed E-state index contributed by atoms with van der Waals surface area (Å²) in [6.07, 6.45) is 15.1. The first-order valence-corrected chi connectivity index (χ1v) is 9.11. The topological polar surface area (TPSA) is 103 Å². The van der Waals surface area contributed by atoms with Crippen molar-refractivity contribution in [1.82, 2.24) is 0 Å². The summed E-state index contributed by atoms with van der Waals surface area (Å²) in [5, 5.41) is 0. The lowest BCUT2D eigenvalue weighted by molar-refractivity contribution is -0.131. The second-order valence-corrected chi connectivity index (χ2v) is 5.91. The average Bonchev–Trinajstić information content (AvgIpc) is 2.77. The average molecular weight is 422 g/mol. The van der Waals surface area contributed by atoms with E-state index in [0.717, 1.165) is 30.9 Å². The van der Waals surface area contributed by atoms with Crippen LogP contribution in [0.3, 0.4) is 0 Å². The zero-order valence-corrected chi connectivity index (χ0v) is 16.8. The van der Waals surface area contributed by atoms with E-state index in [1.165, 1.54) is 0 Å². The van der Waals surface area contributed by atoms with Gasteiger partial charge < -0.3 is 24.4 Å². The van der Waals surface area contributed by atoms with Crippen molar-refractivity contribution >= 4 is 11.9 Å². The van der Waals surface area contributed by atoms with Crippen LogP contribution in [0.25, 0.3) is 0 Å². The van der Waals surface area contributed by atoms with Gasteiger partial charge in [0.1, 0.15) is 24.2 Å². The summed E-state index contributed by atoms with van der Waals surface area (Å²) < 4.78 is 19.7. The zero-order valence-electron chi connectivity index (χ0n) is 16.8. The SMILES string of the molecule is C#COc1ccc(OC(=O)c2ccc(CCCCOC#COC(=O)C=C)cc2)cc1.O. The molecule has 2 aromatic carbocycles. The molecule has 0 radical (unpaired) electrons. The van der Waals surface area contributed by atoms with Crippen LogP contribution in [0.1, 0.15) is 28.8 Å². The van der Waals surface area contributed by atoms with Gasteiger partial charge in [-0.3, -0.25) is 0 Å². The Bertz CT molecular complexity index is 958. The van der Waals surface area contributed by atoms with Crippen LogP contribution >= 0.6 is 0 Å². The summed E-state index contributed by atoms with van der Waals surface area (Å²) in [5.41, 5.74) is 1.55. The van der Waals surface area contributed by atoms with Gasteiger partial charge >= 0.3 is 11.9 Å². The van der Waals surface area contributed by atoms with Gasteiger partial charge in [-0.2, -0.15) is 0 Å². The highest BCUT2D eigenvalue weighted by molar-refractivity contribution is 5.91. The van der Waals surface area contributed by atoms with Crippen LogP contribution in [0.4, 0.5) is 0 Å². The Labute approximate surface area is 180 Å². The van der Waals surface area contributed by atoms with Gasteiger partial charge in [0.25, 0.3) is 0 Å². The van der Waals surface area contributed by atoms with E-state index in [2.05, 4.69) is 29.6 Å². The van der Waals surface area contributed by atoms with Crippen LogP contribution in [-0.4, -0.2) is 24.0 Å². The Morgan fingerprint density at radius 2 is 1.65 bits per heavy atom. The summed E-state index contributed by atoms with van der Waals surface area (Å²) in [6.45, 7) is 3.68. The molecule has 0 aromatic heterocycles.